The molecule has 1 atom stereocenters. The Morgan fingerprint density at radius 3 is 2.66 bits per heavy atom. The number of carbonyl (C=O) groups excluding carboxylic acids is 1. The molecule has 1 aromatic heterocycles. The second kappa shape index (κ2) is 8.71. The average molecular weight is 472 g/mol. The van der Waals surface area contributed by atoms with Crippen molar-refractivity contribution < 1.29 is 35.5 Å². The molecule has 2 heterocycles. The quantitative estimate of drug-likeness (QED) is 0.620. The lowest BCUT2D eigenvalue weighted by Gasteiger charge is -2.16. The number of nitrogens with zero attached hydrogens (tertiary/aromatic N) is 2. The van der Waals surface area contributed by atoms with Crippen LogP contribution < -0.4 is 14.8 Å². The number of anilines is 1. The average Bonchev–Trinajstić information content (AvgIpc) is 3.33. The highest BCUT2D eigenvalue weighted by Crippen LogP contribution is 2.35. The van der Waals surface area contributed by atoms with Crippen molar-refractivity contribution in [2.24, 2.45) is 0 Å². The lowest BCUT2D eigenvalue weighted by Crippen LogP contribution is -2.36. The molecular formula is C19H19F3N4O5S. The van der Waals surface area contributed by atoms with E-state index in [1.165, 1.54) is 31.1 Å². The molecule has 0 aliphatic carbocycles. The molecule has 0 unspecified atom stereocenters. The van der Waals surface area contributed by atoms with Crippen molar-refractivity contribution in [3.8, 4) is 11.9 Å². The van der Waals surface area contributed by atoms with E-state index in [0.29, 0.717) is 13.0 Å². The molecule has 0 bridgehead atoms. The fourth-order valence-corrected chi connectivity index (χ4v) is 4.74. The van der Waals surface area contributed by atoms with E-state index >= 15 is 0 Å². The lowest BCUT2D eigenvalue weighted by molar-refractivity contribution is -0.153. The Labute approximate surface area is 181 Å². The summed E-state index contributed by atoms with van der Waals surface area (Å²) in [4.78, 5) is 13.6. The molecule has 1 fully saturated rings. The topological polar surface area (TPSA) is 125 Å². The summed E-state index contributed by atoms with van der Waals surface area (Å²) in [6.07, 6.45) is -2.51. The molecule has 32 heavy (non-hydrogen) atoms. The zero-order chi connectivity index (χ0) is 23.7. The van der Waals surface area contributed by atoms with Gasteiger partial charge in [-0.05, 0) is 37.6 Å². The number of furan rings is 1. The minimum Gasteiger partial charge on any atom is -0.495 e. The fraction of sp³-hybridized carbons (Fsp3) is 0.368. The SMILES string of the molecule is COc1ccc(NC(=O)c2cc(C)oc2C(F)(F)F)cc1S(=O)(=O)N[C@@H]1CCN(C#N)C1. The van der Waals surface area contributed by atoms with Crippen molar-refractivity contribution in [2.75, 3.05) is 25.5 Å². The Morgan fingerprint density at radius 1 is 1.34 bits per heavy atom. The molecule has 1 aliphatic heterocycles. The molecule has 13 heteroatoms. The van der Waals surface area contributed by atoms with Crippen molar-refractivity contribution >= 4 is 21.6 Å². The molecule has 9 nitrogen and oxygen atoms in total. The first kappa shape index (κ1) is 23.4. The van der Waals surface area contributed by atoms with Crippen LogP contribution in [0.3, 0.4) is 0 Å². The Kier molecular flexibility index (Phi) is 6.38. The molecule has 1 aliphatic rings. The number of alkyl halides is 3. The van der Waals surface area contributed by atoms with Crippen LogP contribution >= 0.6 is 0 Å². The van der Waals surface area contributed by atoms with Gasteiger partial charge in [0.15, 0.2) is 6.19 Å². The number of nitrogens with one attached hydrogen (secondary N) is 2. The number of hydrogen-bond donors (Lipinski definition) is 2. The summed E-state index contributed by atoms with van der Waals surface area (Å²) in [5.41, 5.74) is -0.788. The molecular weight excluding hydrogens is 453 g/mol. The highest BCUT2D eigenvalue weighted by molar-refractivity contribution is 7.89. The first-order chi connectivity index (χ1) is 14.9. The van der Waals surface area contributed by atoms with E-state index in [4.69, 9.17) is 10.00 Å². The Bertz CT molecular complexity index is 1170. The number of amides is 1. The molecule has 0 saturated carbocycles. The number of sulfonamides is 1. The van der Waals surface area contributed by atoms with E-state index in [-0.39, 0.29) is 28.6 Å². The predicted octanol–water partition coefficient (Wildman–Crippen LogP) is 2.70. The minimum absolute atomic E-state index is 0.0271. The third kappa shape index (κ3) is 4.97. The number of aryl methyl sites for hydroxylation is 1. The number of benzene rings is 1. The van der Waals surface area contributed by atoms with Crippen LogP contribution in [-0.4, -0.2) is 45.5 Å². The van der Waals surface area contributed by atoms with Gasteiger partial charge in [0, 0.05) is 24.8 Å². The summed E-state index contributed by atoms with van der Waals surface area (Å²) in [5.74, 6) is -2.69. The van der Waals surface area contributed by atoms with Gasteiger partial charge in [0.1, 0.15) is 16.4 Å². The number of rotatable bonds is 6. The first-order valence-electron chi connectivity index (χ1n) is 9.28. The normalized spacial score (nSPS) is 16.6. The van der Waals surface area contributed by atoms with Crippen molar-refractivity contribution in [3.05, 3.63) is 41.3 Å². The van der Waals surface area contributed by atoms with Crippen molar-refractivity contribution in [1.82, 2.24) is 9.62 Å². The number of methoxy groups -OCH3 is 1. The summed E-state index contributed by atoms with van der Waals surface area (Å²) < 4.78 is 77.3. The summed E-state index contributed by atoms with van der Waals surface area (Å²) in [7, 11) is -2.88. The maximum atomic E-state index is 13.1. The van der Waals surface area contributed by atoms with E-state index in [9.17, 15) is 26.4 Å². The van der Waals surface area contributed by atoms with Crippen LogP contribution in [0.4, 0.5) is 18.9 Å². The van der Waals surface area contributed by atoms with E-state index < -0.39 is 39.5 Å². The van der Waals surface area contributed by atoms with Crippen molar-refractivity contribution in [1.29, 1.82) is 5.26 Å². The number of hydrogen-bond acceptors (Lipinski definition) is 7. The number of halogens is 3. The van der Waals surface area contributed by atoms with Gasteiger partial charge in [0.05, 0.1) is 12.7 Å². The lowest BCUT2D eigenvalue weighted by atomic mass is 10.2. The highest BCUT2D eigenvalue weighted by Gasteiger charge is 2.40. The maximum Gasteiger partial charge on any atom is 0.450 e. The van der Waals surface area contributed by atoms with Gasteiger partial charge < -0.3 is 19.4 Å². The molecule has 0 radical (unpaired) electrons. The van der Waals surface area contributed by atoms with Gasteiger partial charge in [-0.3, -0.25) is 4.79 Å². The Hall–Kier alpha value is -3.24. The van der Waals surface area contributed by atoms with Crippen LogP contribution in [0.1, 0.15) is 28.3 Å². The van der Waals surface area contributed by atoms with Crippen molar-refractivity contribution in [3.63, 3.8) is 0 Å². The van der Waals surface area contributed by atoms with Crippen LogP contribution in [0, 0.1) is 18.4 Å². The van der Waals surface area contributed by atoms with Crippen LogP contribution in [0.15, 0.2) is 33.6 Å². The predicted molar refractivity (Wildman–Crippen MR) is 105 cm³/mol. The van der Waals surface area contributed by atoms with Crippen LogP contribution in [0.2, 0.25) is 0 Å². The maximum absolute atomic E-state index is 13.1. The summed E-state index contributed by atoms with van der Waals surface area (Å²) in [5, 5.41) is 11.2. The largest absolute Gasteiger partial charge is 0.495 e. The third-order valence-electron chi connectivity index (χ3n) is 4.72. The highest BCUT2D eigenvalue weighted by atomic mass is 32.2. The smallest absolute Gasteiger partial charge is 0.450 e. The number of nitriles is 1. The molecule has 3 rings (SSSR count). The van der Waals surface area contributed by atoms with E-state index in [1.54, 1.807) is 0 Å². The molecule has 1 saturated heterocycles. The summed E-state index contributed by atoms with van der Waals surface area (Å²) in [6, 6.07) is 4.08. The molecule has 0 spiro atoms. The van der Waals surface area contributed by atoms with E-state index in [1.807, 2.05) is 6.19 Å². The molecule has 2 N–H and O–H groups in total. The Balaban J connectivity index is 1.87. The van der Waals surface area contributed by atoms with Gasteiger partial charge in [-0.25, -0.2) is 13.1 Å². The number of likely N-dealkylation sites (tertiary alicyclic amines) is 1. The standard InChI is InChI=1S/C19H19F3N4O5S/c1-11-7-14(17(31-11)19(20,21)22)18(27)24-12-3-4-15(30-2)16(8-12)32(28,29)25-13-5-6-26(9-13)10-23/h3-4,7-8,13,25H,5-6,9H2,1-2H3,(H,24,27)/t13-/m1/s1. The van der Waals surface area contributed by atoms with Crippen LogP contribution in [-0.2, 0) is 16.2 Å². The van der Waals surface area contributed by atoms with Gasteiger partial charge >= 0.3 is 6.18 Å². The minimum atomic E-state index is -4.88. The molecule has 2 aromatic rings. The van der Waals surface area contributed by atoms with Gasteiger partial charge in [-0.1, -0.05) is 0 Å². The molecule has 172 valence electrons. The molecule has 1 aromatic carbocycles. The van der Waals surface area contributed by atoms with Crippen LogP contribution in [0.5, 0.6) is 5.75 Å². The Morgan fingerprint density at radius 2 is 2.06 bits per heavy atom. The molecule has 1 amide bonds. The first-order valence-corrected chi connectivity index (χ1v) is 10.8. The van der Waals surface area contributed by atoms with E-state index in [0.717, 1.165) is 12.1 Å². The third-order valence-corrected chi connectivity index (χ3v) is 6.26. The van der Waals surface area contributed by atoms with Gasteiger partial charge in [-0.15, -0.1) is 0 Å². The summed E-state index contributed by atoms with van der Waals surface area (Å²) >= 11 is 0. The summed E-state index contributed by atoms with van der Waals surface area (Å²) in [6.45, 7) is 1.88. The monoisotopic (exact) mass is 472 g/mol. The van der Waals surface area contributed by atoms with Crippen molar-refractivity contribution in [2.45, 2.75) is 30.5 Å². The van der Waals surface area contributed by atoms with E-state index in [2.05, 4.69) is 14.5 Å². The number of ether oxygens (including phenoxy) is 1. The zero-order valence-electron chi connectivity index (χ0n) is 17.0. The zero-order valence-corrected chi connectivity index (χ0v) is 17.8. The second-order valence-corrected chi connectivity index (χ2v) is 8.75. The van der Waals surface area contributed by atoms with Gasteiger partial charge in [-0.2, -0.15) is 18.4 Å². The fourth-order valence-electron chi connectivity index (χ4n) is 3.29. The number of carbonyl (C=O) groups is 1. The van der Waals surface area contributed by atoms with Gasteiger partial charge in [0.2, 0.25) is 15.8 Å². The van der Waals surface area contributed by atoms with Gasteiger partial charge in [0.25, 0.3) is 5.91 Å². The second-order valence-electron chi connectivity index (χ2n) is 7.07. The van der Waals surface area contributed by atoms with Crippen LogP contribution in [0.25, 0.3) is 0 Å².